The minimum atomic E-state index is 0.436. The number of likely N-dealkylation sites (N-methyl/N-ethyl adjacent to an activating group) is 1. The van der Waals surface area contributed by atoms with Crippen LogP contribution in [-0.4, -0.2) is 47.6 Å². The van der Waals surface area contributed by atoms with Crippen molar-refractivity contribution < 1.29 is 5.11 Å². The van der Waals surface area contributed by atoms with Crippen molar-refractivity contribution in [3.05, 3.63) is 28.8 Å². The van der Waals surface area contributed by atoms with Gasteiger partial charge in [0.15, 0.2) is 0 Å². The second-order valence-corrected chi connectivity index (χ2v) is 5.64. The number of piperazine rings is 1. The first-order chi connectivity index (χ1) is 8.47. The molecule has 18 heavy (non-hydrogen) atoms. The third kappa shape index (κ3) is 2.85. The summed E-state index contributed by atoms with van der Waals surface area (Å²) in [6, 6.07) is 4.83. The molecule has 1 aliphatic heterocycles. The lowest BCUT2D eigenvalue weighted by molar-refractivity contribution is 0.0999. The molecule has 3 nitrogen and oxygen atoms in total. The monoisotopic (exact) mass is 248 g/mol. The van der Waals surface area contributed by atoms with E-state index < -0.39 is 0 Å². The van der Waals surface area contributed by atoms with Gasteiger partial charge in [-0.25, -0.2) is 0 Å². The molecule has 1 aromatic rings. The zero-order chi connectivity index (χ0) is 13.3. The van der Waals surface area contributed by atoms with E-state index in [0.717, 1.165) is 37.3 Å². The molecule has 0 aromatic heterocycles. The Bertz CT molecular complexity index is 407. The normalized spacial score (nSPS) is 22.3. The molecule has 1 heterocycles. The van der Waals surface area contributed by atoms with E-state index in [1.165, 1.54) is 5.56 Å². The highest BCUT2D eigenvalue weighted by Crippen LogP contribution is 2.24. The van der Waals surface area contributed by atoms with E-state index in [0.29, 0.717) is 11.8 Å². The summed E-state index contributed by atoms with van der Waals surface area (Å²) >= 11 is 0. The Morgan fingerprint density at radius 2 is 1.83 bits per heavy atom. The fourth-order valence-corrected chi connectivity index (χ4v) is 2.66. The molecular weight excluding hydrogens is 224 g/mol. The van der Waals surface area contributed by atoms with E-state index in [4.69, 9.17) is 0 Å². The van der Waals surface area contributed by atoms with Crippen LogP contribution in [0.1, 0.15) is 23.6 Å². The first kappa shape index (κ1) is 13.4. The molecule has 1 N–H and O–H groups in total. The zero-order valence-electron chi connectivity index (χ0n) is 11.9. The second kappa shape index (κ2) is 5.29. The number of aromatic hydroxyl groups is 1. The third-order valence-corrected chi connectivity index (χ3v) is 4.00. The van der Waals surface area contributed by atoms with Crippen LogP contribution in [0.15, 0.2) is 12.1 Å². The molecule has 1 aliphatic rings. The van der Waals surface area contributed by atoms with Gasteiger partial charge in [-0.3, -0.25) is 4.90 Å². The largest absolute Gasteiger partial charge is 0.507 e. The summed E-state index contributed by atoms with van der Waals surface area (Å²) in [6.45, 7) is 10.6. The lowest BCUT2D eigenvalue weighted by atomic mass is 10.0. The maximum atomic E-state index is 9.79. The average molecular weight is 248 g/mol. The summed E-state index contributed by atoms with van der Waals surface area (Å²) in [6.07, 6.45) is 0. The van der Waals surface area contributed by atoms with Crippen molar-refractivity contribution in [2.75, 3.05) is 26.7 Å². The molecule has 0 amide bonds. The summed E-state index contributed by atoms with van der Waals surface area (Å²) in [5.74, 6) is 0.436. The highest BCUT2D eigenvalue weighted by atomic mass is 16.3. The van der Waals surface area contributed by atoms with Gasteiger partial charge in [-0.2, -0.15) is 0 Å². The SMILES string of the molecule is Cc1cc(CN2CCN(C)C(C)C2)cc(C)c1O. The number of hydrogen-bond acceptors (Lipinski definition) is 3. The van der Waals surface area contributed by atoms with Crippen LogP contribution in [0.4, 0.5) is 0 Å². The van der Waals surface area contributed by atoms with Crippen molar-refractivity contribution in [2.24, 2.45) is 0 Å². The number of nitrogens with zero attached hydrogens (tertiary/aromatic N) is 2. The maximum Gasteiger partial charge on any atom is 0.121 e. The molecule has 0 aliphatic carbocycles. The third-order valence-electron chi connectivity index (χ3n) is 4.00. The Morgan fingerprint density at radius 1 is 1.22 bits per heavy atom. The lowest BCUT2D eigenvalue weighted by Crippen LogP contribution is -2.49. The van der Waals surface area contributed by atoms with Gasteiger partial charge in [-0.15, -0.1) is 0 Å². The van der Waals surface area contributed by atoms with Gasteiger partial charge in [0.05, 0.1) is 0 Å². The highest BCUT2D eigenvalue weighted by Gasteiger charge is 2.20. The van der Waals surface area contributed by atoms with Gasteiger partial charge >= 0.3 is 0 Å². The van der Waals surface area contributed by atoms with Crippen molar-refractivity contribution in [2.45, 2.75) is 33.4 Å². The van der Waals surface area contributed by atoms with Gasteiger partial charge in [0, 0.05) is 32.2 Å². The first-order valence-electron chi connectivity index (χ1n) is 6.69. The lowest BCUT2D eigenvalue weighted by Gasteiger charge is -2.37. The van der Waals surface area contributed by atoms with Crippen molar-refractivity contribution >= 4 is 0 Å². The van der Waals surface area contributed by atoms with E-state index in [1.54, 1.807) is 0 Å². The Morgan fingerprint density at radius 3 is 2.39 bits per heavy atom. The van der Waals surface area contributed by atoms with Crippen LogP contribution in [-0.2, 0) is 6.54 Å². The minimum absolute atomic E-state index is 0.436. The predicted molar refractivity (Wildman–Crippen MR) is 74.9 cm³/mol. The van der Waals surface area contributed by atoms with E-state index in [-0.39, 0.29) is 0 Å². The van der Waals surface area contributed by atoms with Gasteiger partial charge in [-0.05, 0) is 44.5 Å². The van der Waals surface area contributed by atoms with Gasteiger partial charge in [-0.1, -0.05) is 12.1 Å². The summed E-state index contributed by atoms with van der Waals surface area (Å²) in [4.78, 5) is 4.90. The molecule has 3 heteroatoms. The zero-order valence-corrected chi connectivity index (χ0v) is 11.9. The molecule has 100 valence electrons. The van der Waals surface area contributed by atoms with Crippen LogP contribution < -0.4 is 0 Å². The highest BCUT2D eigenvalue weighted by molar-refractivity contribution is 5.42. The minimum Gasteiger partial charge on any atom is -0.507 e. The van der Waals surface area contributed by atoms with Crippen molar-refractivity contribution in [1.82, 2.24) is 9.80 Å². The molecule has 1 saturated heterocycles. The number of benzene rings is 1. The van der Waals surface area contributed by atoms with Crippen LogP contribution in [0.2, 0.25) is 0 Å². The fourth-order valence-electron chi connectivity index (χ4n) is 2.66. The van der Waals surface area contributed by atoms with Crippen molar-refractivity contribution in [3.63, 3.8) is 0 Å². The van der Waals surface area contributed by atoms with Crippen molar-refractivity contribution in [1.29, 1.82) is 0 Å². The maximum absolute atomic E-state index is 9.79. The summed E-state index contributed by atoms with van der Waals surface area (Å²) in [7, 11) is 2.19. The standard InChI is InChI=1S/C15H24N2O/c1-11-7-14(8-12(2)15(11)18)10-17-6-5-16(4)13(3)9-17/h7-8,13,18H,5-6,9-10H2,1-4H3. The molecule has 2 rings (SSSR count). The Kier molecular flexibility index (Phi) is 3.93. The molecule has 0 bridgehead atoms. The van der Waals surface area contributed by atoms with E-state index >= 15 is 0 Å². The Hall–Kier alpha value is -1.06. The average Bonchev–Trinajstić information content (AvgIpc) is 2.31. The van der Waals surface area contributed by atoms with Crippen LogP contribution in [0.3, 0.4) is 0 Å². The van der Waals surface area contributed by atoms with Crippen LogP contribution >= 0.6 is 0 Å². The molecule has 1 unspecified atom stereocenters. The number of rotatable bonds is 2. The van der Waals surface area contributed by atoms with Gasteiger partial charge in [0.2, 0.25) is 0 Å². The smallest absolute Gasteiger partial charge is 0.121 e. The number of hydrogen-bond donors (Lipinski definition) is 1. The number of phenols is 1. The Balaban J connectivity index is 2.06. The molecule has 0 radical (unpaired) electrons. The predicted octanol–water partition coefficient (Wildman–Crippen LogP) is 2.14. The molecule has 1 atom stereocenters. The fraction of sp³-hybridized carbons (Fsp3) is 0.600. The summed E-state index contributed by atoms with van der Waals surface area (Å²) in [5.41, 5.74) is 3.26. The Labute approximate surface area is 110 Å². The summed E-state index contributed by atoms with van der Waals surface area (Å²) < 4.78 is 0. The molecule has 0 saturated carbocycles. The first-order valence-corrected chi connectivity index (χ1v) is 6.69. The van der Waals surface area contributed by atoms with Gasteiger partial charge < -0.3 is 10.0 Å². The topological polar surface area (TPSA) is 26.7 Å². The quantitative estimate of drug-likeness (QED) is 0.868. The summed E-state index contributed by atoms with van der Waals surface area (Å²) in [5, 5.41) is 9.79. The number of aryl methyl sites for hydroxylation is 2. The second-order valence-electron chi connectivity index (χ2n) is 5.64. The molecule has 1 fully saturated rings. The molecular formula is C15H24N2O. The van der Waals surface area contributed by atoms with Crippen LogP contribution in [0.25, 0.3) is 0 Å². The van der Waals surface area contributed by atoms with Gasteiger partial charge in [0.25, 0.3) is 0 Å². The van der Waals surface area contributed by atoms with Crippen LogP contribution in [0.5, 0.6) is 5.75 Å². The van der Waals surface area contributed by atoms with E-state index in [9.17, 15) is 5.11 Å². The molecule has 1 aromatic carbocycles. The van der Waals surface area contributed by atoms with Gasteiger partial charge in [0.1, 0.15) is 5.75 Å². The number of phenolic OH excluding ortho intramolecular Hbond substituents is 1. The van der Waals surface area contributed by atoms with E-state index in [2.05, 4.69) is 35.9 Å². The van der Waals surface area contributed by atoms with E-state index in [1.807, 2.05) is 13.8 Å². The molecule has 0 spiro atoms. The van der Waals surface area contributed by atoms with Crippen LogP contribution in [0, 0.1) is 13.8 Å². The van der Waals surface area contributed by atoms with Crippen molar-refractivity contribution in [3.8, 4) is 5.75 Å².